The Morgan fingerprint density at radius 1 is 1.57 bits per heavy atom. The van der Waals surface area contributed by atoms with E-state index in [1.807, 2.05) is 6.92 Å². The Labute approximate surface area is 84.3 Å². The lowest BCUT2D eigenvalue weighted by atomic mass is 10.0. The van der Waals surface area contributed by atoms with Crippen molar-refractivity contribution in [2.75, 3.05) is 0 Å². The molecule has 4 nitrogen and oxygen atoms in total. The third kappa shape index (κ3) is 2.58. The van der Waals surface area contributed by atoms with E-state index in [0.717, 1.165) is 6.42 Å². The number of nitrogens with zero attached hydrogens (tertiary/aromatic N) is 2. The number of aromatic nitrogens is 2. The lowest BCUT2D eigenvalue weighted by Crippen LogP contribution is -2.39. The maximum Gasteiger partial charge on any atom is 0.327 e. The monoisotopic (exact) mass is 195 g/mol. The average Bonchev–Trinajstić information content (AvgIpc) is 2.69. The molecule has 0 radical (unpaired) electrons. The summed E-state index contributed by atoms with van der Waals surface area (Å²) in [5, 5.41) is 2.92. The number of imidazole rings is 1. The van der Waals surface area contributed by atoms with Crippen LogP contribution in [0.3, 0.4) is 0 Å². The summed E-state index contributed by atoms with van der Waals surface area (Å²) in [4.78, 5) is 15.4. The molecule has 1 aromatic heterocycles. The van der Waals surface area contributed by atoms with Gasteiger partial charge in [0, 0.05) is 18.4 Å². The van der Waals surface area contributed by atoms with Crippen LogP contribution in [0, 0.1) is 5.92 Å². The largest absolute Gasteiger partial charge is 0.335 e. The number of rotatable bonds is 3. The molecule has 0 spiro atoms. The zero-order valence-electron chi connectivity index (χ0n) is 8.90. The molecule has 1 heterocycles. The van der Waals surface area contributed by atoms with E-state index in [1.54, 1.807) is 12.4 Å². The first-order valence-electron chi connectivity index (χ1n) is 4.94. The van der Waals surface area contributed by atoms with Crippen LogP contribution in [0.25, 0.3) is 0 Å². The SMILES string of the molecule is CCC(C)C(C)NC(=O)n1ccnc1. The lowest BCUT2D eigenvalue weighted by molar-refractivity contribution is 0.234. The highest BCUT2D eigenvalue weighted by Gasteiger charge is 2.13. The molecule has 0 aromatic carbocycles. The summed E-state index contributed by atoms with van der Waals surface area (Å²) in [6.45, 7) is 6.26. The van der Waals surface area contributed by atoms with Crippen LogP contribution in [-0.2, 0) is 0 Å². The highest BCUT2D eigenvalue weighted by Crippen LogP contribution is 2.06. The fraction of sp³-hybridized carbons (Fsp3) is 0.600. The van der Waals surface area contributed by atoms with Crippen molar-refractivity contribution in [3.63, 3.8) is 0 Å². The molecule has 0 aliphatic heterocycles. The molecule has 2 unspecified atom stereocenters. The van der Waals surface area contributed by atoms with E-state index in [-0.39, 0.29) is 12.1 Å². The molecular weight excluding hydrogens is 178 g/mol. The Morgan fingerprint density at radius 2 is 2.29 bits per heavy atom. The first kappa shape index (κ1) is 10.8. The smallest absolute Gasteiger partial charge is 0.327 e. The normalized spacial score (nSPS) is 14.8. The highest BCUT2D eigenvalue weighted by atomic mass is 16.2. The van der Waals surface area contributed by atoms with Gasteiger partial charge in [-0.3, -0.25) is 4.57 Å². The summed E-state index contributed by atoms with van der Waals surface area (Å²) in [5.41, 5.74) is 0. The molecule has 78 valence electrons. The van der Waals surface area contributed by atoms with Crippen molar-refractivity contribution in [3.05, 3.63) is 18.7 Å². The van der Waals surface area contributed by atoms with Crippen molar-refractivity contribution >= 4 is 6.03 Å². The van der Waals surface area contributed by atoms with E-state index in [4.69, 9.17) is 0 Å². The van der Waals surface area contributed by atoms with E-state index >= 15 is 0 Å². The third-order valence-electron chi connectivity index (χ3n) is 2.59. The maximum absolute atomic E-state index is 11.5. The van der Waals surface area contributed by atoms with E-state index in [0.29, 0.717) is 5.92 Å². The Hall–Kier alpha value is -1.32. The van der Waals surface area contributed by atoms with Gasteiger partial charge in [-0.2, -0.15) is 0 Å². The average molecular weight is 195 g/mol. The van der Waals surface area contributed by atoms with E-state index < -0.39 is 0 Å². The van der Waals surface area contributed by atoms with Gasteiger partial charge in [0.05, 0.1) is 0 Å². The number of carbonyl (C=O) groups is 1. The molecule has 0 fully saturated rings. The van der Waals surface area contributed by atoms with Crippen LogP contribution >= 0.6 is 0 Å². The molecule has 0 bridgehead atoms. The van der Waals surface area contributed by atoms with Crippen LogP contribution < -0.4 is 5.32 Å². The molecule has 1 N–H and O–H groups in total. The summed E-state index contributed by atoms with van der Waals surface area (Å²) in [6, 6.07) is 0.0743. The van der Waals surface area contributed by atoms with Crippen LogP contribution in [0.1, 0.15) is 27.2 Å². The number of hydrogen-bond acceptors (Lipinski definition) is 2. The molecular formula is C10H17N3O. The van der Waals surface area contributed by atoms with Crippen molar-refractivity contribution in [1.82, 2.24) is 14.9 Å². The van der Waals surface area contributed by atoms with Crippen molar-refractivity contribution in [2.45, 2.75) is 33.2 Å². The quantitative estimate of drug-likeness (QED) is 0.800. The number of carbonyl (C=O) groups excluding carboxylic acids is 1. The second-order valence-electron chi connectivity index (χ2n) is 3.59. The molecule has 0 aliphatic rings. The van der Waals surface area contributed by atoms with Gasteiger partial charge in [-0.1, -0.05) is 20.3 Å². The molecule has 0 saturated carbocycles. The summed E-state index contributed by atoms with van der Waals surface area (Å²) in [6.07, 6.45) is 5.79. The van der Waals surface area contributed by atoms with Crippen molar-refractivity contribution in [2.24, 2.45) is 5.92 Å². The van der Waals surface area contributed by atoms with Gasteiger partial charge < -0.3 is 5.32 Å². The van der Waals surface area contributed by atoms with Gasteiger partial charge in [0.2, 0.25) is 0 Å². The minimum atomic E-state index is -0.115. The number of nitrogens with one attached hydrogen (secondary N) is 1. The minimum Gasteiger partial charge on any atom is -0.335 e. The fourth-order valence-electron chi connectivity index (χ4n) is 1.14. The molecule has 1 aromatic rings. The summed E-state index contributed by atoms with van der Waals surface area (Å²) < 4.78 is 1.44. The van der Waals surface area contributed by atoms with Gasteiger partial charge in [0.15, 0.2) is 0 Å². The standard InChI is InChI=1S/C10H17N3O/c1-4-8(2)9(3)12-10(14)13-6-5-11-7-13/h5-9H,4H2,1-3H3,(H,12,14). The first-order valence-corrected chi connectivity index (χ1v) is 4.94. The van der Waals surface area contributed by atoms with Crippen molar-refractivity contribution < 1.29 is 4.79 Å². The molecule has 1 amide bonds. The van der Waals surface area contributed by atoms with Gasteiger partial charge in [-0.05, 0) is 12.8 Å². The third-order valence-corrected chi connectivity index (χ3v) is 2.59. The van der Waals surface area contributed by atoms with Crippen LogP contribution in [0.15, 0.2) is 18.7 Å². The van der Waals surface area contributed by atoms with Gasteiger partial charge in [-0.25, -0.2) is 9.78 Å². The Kier molecular flexibility index (Phi) is 3.68. The summed E-state index contributed by atoms with van der Waals surface area (Å²) >= 11 is 0. The van der Waals surface area contributed by atoms with E-state index in [1.165, 1.54) is 10.9 Å². The summed E-state index contributed by atoms with van der Waals surface area (Å²) in [5.74, 6) is 0.488. The van der Waals surface area contributed by atoms with Crippen LogP contribution in [0.2, 0.25) is 0 Å². The van der Waals surface area contributed by atoms with E-state index in [2.05, 4.69) is 24.1 Å². The second-order valence-corrected chi connectivity index (χ2v) is 3.59. The molecule has 1 rings (SSSR count). The molecule has 2 atom stereocenters. The first-order chi connectivity index (χ1) is 6.65. The van der Waals surface area contributed by atoms with Gasteiger partial charge in [0.25, 0.3) is 0 Å². The maximum atomic E-state index is 11.5. The zero-order chi connectivity index (χ0) is 10.6. The molecule has 4 heteroatoms. The predicted octanol–water partition coefficient (Wildman–Crippen LogP) is 1.88. The van der Waals surface area contributed by atoms with E-state index in [9.17, 15) is 4.79 Å². The van der Waals surface area contributed by atoms with Gasteiger partial charge in [0.1, 0.15) is 6.33 Å². The number of hydrogen-bond donors (Lipinski definition) is 1. The fourth-order valence-corrected chi connectivity index (χ4v) is 1.14. The zero-order valence-corrected chi connectivity index (χ0v) is 8.90. The highest BCUT2D eigenvalue weighted by molar-refractivity contribution is 5.76. The van der Waals surface area contributed by atoms with Gasteiger partial charge in [-0.15, -0.1) is 0 Å². The Balaban J connectivity index is 2.49. The molecule has 0 aliphatic carbocycles. The van der Waals surface area contributed by atoms with Crippen LogP contribution in [-0.4, -0.2) is 21.6 Å². The van der Waals surface area contributed by atoms with Crippen LogP contribution in [0.4, 0.5) is 4.79 Å². The summed E-state index contributed by atoms with van der Waals surface area (Å²) in [7, 11) is 0. The lowest BCUT2D eigenvalue weighted by Gasteiger charge is -2.19. The molecule has 0 saturated heterocycles. The Morgan fingerprint density at radius 3 is 2.79 bits per heavy atom. The van der Waals surface area contributed by atoms with Crippen LogP contribution in [0.5, 0.6) is 0 Å². The van der Waals surface area contributed by atoms with Crippen molar-refractivity contribution in [1.29, 1.82) is 0 Å². The predicted molar refractivity (Wildman–Crippen MR) is 55.1 cm³/mol. The van der Waals surface area contributed by atoms with Crippen molar-refractivity contribution in [3.8, 4) is 0 Å². The van der Waals surface area contributed by atoms with Gasteiger partial charge >= 0.3 is 6.03 Å². The second kappa shape index (κ2) is 4.79. The topological polar surface area (TPSA) is 46.9 Å². The Bertz CT molecular complexity index is 282. The minimum absolute atomic E-state index is 0.115. The number of amides is 1. The molecule has 14 heavy (non-hydrogen) atoms.